The van der Waals surface area contributed by atoms with Crippen LogP contribution in [0, 0.1) is 6.92 Å². The molecule has 0 radical (unpaired) electrons. The molecule has 120 valence electrons. The molecule has 5 heteroatoms. The number of halogens is 1. The molecule has 0 aliphatic heterocycles. The molecule has 1 rings (SSSR count). The van der Waals surface area contributed by atoms with Crippen LogP contribution in [0.15, 0.2) is 29.3 Å². The number of hydrogen-bond donors (Lipinski definition) is 2. The van der Waals surface area contributed by atoms with Gasteiger partial charge in [0.25, 0.3) is 0 Å². The zero-order chi connectivity index (χ0) is 14.6. The second-order valence-electron chi connectivity index (χ2n) is 4.75. The number of unbranched alkanes of at least 4 members (excludes halogenated alkanes) is 1. The molecule has 0 spiro atoms. The van der Waals surface area contributed by atoms with Crippen molar-refractivity contribution in [1.29, 1.82) is 0 Å². The lowest BCUT2D eigenvalue weighted by Crippen LogP contribution is -2.37. The van der Waals surface area contributed by atoms with Crippen molar-refractivity contribution in [3.63, 3.8) is 0 Å². The van der Waals surface area contributed by atoms with Crippen molar-refractivity contribution in [2.45, 2.75) is 33.2 Å². The zero-order valence-electron chi connectivity index (χ0n) is 13.3. The van der Waals surface area contributed by atoms with Crippen LogP contribution < -0.4 is 10.6 Å². The largest absolute Gasteiger partial charge is 0.382 e. The number of benzene rings is 1. The molecule has 0 bridgehead atoms. The Bertz CT molecular complexity index is 410. The van der Waals surface area contributed by atoms with Gasteiger partial charge < -0.3 is 15.4 Å². The van der Waals surface area contributed by atoms with E-state index in [2.05, 4.69) is 46.8 Å². The van der Waals surface area contributed by atoms with Crippen molar-refractivity contribution in [3.8, 4) is 0 Å². The summed E-state index contributed by atoms with van der Waals surface area (Å²) in [6, 6.07) is 8.49. The van der Waals surface area contributed by atoms with E-state index in [-0.39, 0.29) is 24.0 Å². The van der Waals surface area contributed by atoms with Gasteiger partial charge in [-0.05, 0) is 32.3 Å². The summed E-state index contributed by atoms with van der Waals surface area (Å²) in [5.74, 6) is 0.850. The van der Waals surface area contributed by atoms with E-state index in [9.17, 15) is 0 Å². The van der Waals surface area contributed by atoms with Gasteiger partial charge >= 0.3 is 0 Å². The van der Waals surface area contributed by atoms with Gasteiger partial charge in [0.05, 0.1) is 0 Å². The topological polar surface area (TPSA) is 45.6 Å². The third kappa shape index (κ3) is 9.68. The number of rotatable bonds is 8. The second kappa shape index (κ2) is 12.9. The maximum Gasteiger partial charge on any atom is 0.191 e. The first kappa shape index (κ1) is 20.2. The van der Waals surface area contributed by atoms with Crippen molar-refractivity contribution < 1.29 is 4.74 Å². The molecule has 0 aliphatic carbocycles. The normalized spacial score (nSPS) is 10.9. The summed E-state index contributed by atoms with van der Waals surface area (Å²) in [6.45, 7) is 7.48. The molecule has 0 amide bonds. The Labute approximate surface area is 145 Å². The number of ether oxygens (including phenoxy) is 1. The van der Waals surface area contributed by atoms with Gasteiger partial charge in [0.2, 0.25) is 0 Å². The number of hydrogen-bond acceptors (Lipinski definition) is 2. The first-order valence-corrected chi connectivity index (χ1v) is 7.34. The molecule has 0 unspecified atom stereocenters. The molecule has 21 heavy (non-hydrogen) atoms. The van der Waals surface area contributed by atoms with Gasteiger partial charge in [-0.15, -0.1) is 24.0 Å². The molecule has 0 aliphatic rings. The van der Waals surface area contributed by atoms with E-state index in [4.69, 9.17) is 4.74 Å². The first-order chi connectivity index (χ1) is 9.76. The van der Waals surface area contributed by atoms with E-state index < -0.39 is 0 Å². The van der Waals surface area contributed by atoms with Gasteiger partial charge in [-0.25, -0.2) is 0 Å². The van der Waals surface area contributed by atoms with E-state index >= 15 is 0 Å². The van der Waals surface area contributed by atoms with Gasteiger partial charge in [-0.1, -0.05) is 29.8 Å². The Morgan fingerprint density at radius 2 is 2.05 bits per heavy atom. The lowest BCUT2D eigenvalue weighted by atomic mass is 10.1. The second-order valence-corrected chi connectivity index (χ2v) is 4.75. The summed E-state index contributed by atoms with van der Waals surface area (Å²) in [5, 5.41) is 6.64. The molecule has 4 nitrogen and oxygen atoms in total. The molecule has 0 atom stereocenters. The van der Waals surface area contributed by atoms with E-state index in [0.29, 0.717) is 0 Å². The fourth-order valence-corrected chi connectivity index (χ4v) is 1.91. The zero-order valence-corrected chi connectivity index (χ0v) is 15.6. The first-order valence-electron chi connectivity index (χ1n) is 7.34. The average molecular weight is 405 g/mol. The molecule has 0 aromatic heterocycles. The quantitative estimate of drug-likeness (QED) is 0.303. The summed E-state index contributed by atoms with van der Waals surface area (Å²) >= 11 is 0. The van der Waals surface area contributed by atoms with Gasteiger partial charge in [-0.2, -0.15) is 0 Å². The van der Waals surface area contributed by atoms with Gasteiger partial charge in [0.15, 0.2) is 5.96 Å². The monoisotopic (exact) mass is 405 g/mol. The van der Waals surface area contributed by atoms with Crippen molar-refractivity contribution in [2.75, 3.05) is 26.8 Å². The number of guanidine groups is 1. The molecule has 1 aromatic rings. The standard InChI is InChI=1S/C16H27N3O.HI/c1-4-20-11-6-5-10-18-16(17-3)19-13-15-9-7-8-14(2)12-15;/h7-9,12H,4-6,10-11,13H2,1-3H3,(H2,17,18,19);1H. The minimum atomic E-state index is 0. The van der Waals surface area contributed by atoms with Crippen LogP contribution in [0.1, 0.15) is 30.9 Å². The Morgan fingerprint density at radius 1 is 1.24 bits per heavy atom. The number of nitrogens with zero attached hydrogens (tertiary/aromatic N) is 1. The van der Waals surface area contributed by atoms with E-state index in [1.807, 2.05) is 6.92 Å². The van der Waals surface area contributed by atoms with E-state index in [1.165, 1.54) is 11.1 Å². The summed E-state index contributed by atoms with van der Waals surface area (Å²) in [4.78, 5) is 4.22. The third-order valence-corrected chi connectivity index (χ3v) is 2.98. The van der Waals surface area contributed by atoms with Crippen LogP contribution in [-0.2, 0) is 11.3 Å². The summed E-state index contributed by atoms with van der Waals surface area (Å²) in [6.07, 6.45) is 2.17. The molecule has 0 fully saturated rings. The lowest BCUT2D eigenvalue weighted by Gasteiger charge is -2.12. The number of aryl methyl sites for hydroxylation is 1. The number of nitrogens with one attached hydrogen (secondary N) is 2. The maximum absolute atomic E-state index is 5.31. The number of aliphatic imine (C=N–C) groups is 1. The van der Waals surface area contributed by atoms with Crippen LogP contribution in [0.2, 0.25) is 0 Å². The van der Waals surface area contributed by atoms with Crippen LogP contribution in [0.5, 0.6) is 0 Å². The fourth-order valence-electron chi connectivity index (χ4n) is 1.91. The van der Waals surface area contributed by atoms with E-state index in [1.54, 1.807) is 7.05 Å². The molecule has 0 saturated carbocycles. The van der Waals surface area contributed by atoms with Gasteiger partial charge in [-0.3, -0.25) is 4.99 Å². The summed E-state index contributed by atoms with van der Waals surface area (Å²) in [7, 11) is 1.80. The van der Waals surface area contributed by atoms with E-state index in [0.717, 1.165) is 45.1 Å². The third-order valence-electron chi connectivity index (χ3n) is 2.98. The van der Waals surface area contributed by atoms with Crippen LogP contribution in [0.25, 0.3) is 0 Å². The molecule has 0 saturated heterocycles. The minimum Gasteiger partial charge on any atom is -0.382 e. The van der Waals surface area contributed by atoms with Crippen molar-refractivity contribution in [1.82, 2.24) is 10.6 Å². The lowest BCUT2D eigenvalue weighted by molar-refractivity contribution is 0.143. The molecule has 0 heterocycles. The van der Waals surface area contributed by atoms with Crippen LogP contribution in [0.3, 0.4) is 0 Å². The van der Waals surface area contributed by atoms with Crippen molar-refractivity contribution >= 4 is 29.9 Å². The van der Waals surface area contributed by atoms with Gasteiger partial charge in [0.1, 0.15) is 0 Å². The molecule has 1 aromatic carbocycles. The molecular weight excluding hydrogens is 377 g/mol. The van der Waals surface area contributed by atoms with Crippen molar-refractivity contribution in [2.24, 2.45) is 4.99 Å². The highest BCUT2D eigenvalue weighted by atomic mass is 127. The Kier molecular flexibility index (Phi) is 12.4. The van der Waals surface area contributed by atoms with Crippen molar-refractivity contribution in [3.05, 3.63) is 35.4 Å². The van der Waals surface area contributed by atoms with Crippen LogP contribution in [-0.4, -0.2) is 32.8 Å². The Hall–Kier alpha value is -0.820. The SMILES string of the molecule is CCOCCCCNC(=NC)NCc1cccc(C)c1.I. The predicted octanol–water partition coefficient (Wildman–Crippen LogP) is 3.09. The van der Waals surface area contributed by atoms with Crippen LogP contribution in [0.4, 0.5) is 0 Å². The van der Waals surface area contributed by atoms with Crippen LogP contribution >= 0.6 is 24.0 Å². The highest BCUT2D eigenvalue weighted by molar-refractivity contribution is 14.0. The van der Waals surface area contributed by atoms with Gasteiger partial charge in [0, 0.05) is 33.4 Å². The molecule has 2 N–H and O–H groups in total. The highest BCUT2D eigenvalue weighted by Crippen LogP contribution is 2.02. The highest BCUT2D eigenvalue weighted by Gasteiger charge is 1.98. The molecular formula is C16H28IN3O. The average Bonchev–Trinajstić information content (AvgIpc) is 2.46. The summed E-state index contributed by atoms with van der Waals surface area (Å²) in [5.41, 5.74) is 2.55. The Balaban J connectivity index is 0.00000400. The fraction of sp³-hybridized carbons (Fsp3) is 0.562. The smallest absolute Gasteiger partial charge is 0.191 e. The Morgan fingerprint density at radius 3 is 2.71 bits per heavy atom. The predicted molar refractivity (Wildman–Crippen MR) is 101 cm³/mol. The maximum atomic E-state index is 5.31. The minimum absolute atomic E-state index is 0. The summed E-state index contributed by atoms with van der Waals surface area (Å²) < 4.78 is 5.31.